The van der Waals surface area contributed by atoms with E-state index in [-0.39, 0.29) is 23.9 Å². The predicted octanol–water partition coefficient (Wildman–Crippen LogP) is 2.41. The Morgan fingerprint density at radius 3 is 2.79 bits per heavy atom. The van der Waals surface area contributed by atoms with Gasteiger partial charge in [0.1, 0.15) is 0 Å². The fraction of sp³-hybridized carbons (Fsp3) is 0.526. The van der Waals surface area contributed by atoms with E-state index >= 15 is 0 Å². The van der Waals surface area contributed by atoms with Crippen molar-refractivity contribution < 1.29 is 4.79 Å². The first-order valence-corrected chi connectivity index (χ1v) is 8.87. The van der Waals surface area contributed by atoms with Gasteiger partial charge in [0.05, 0.1) is 17.5 Å². The summed E-state index contributed by atoms with van der Waals surface area (Å²) in [6.07, 6.45) is 5.49. The second-order valence-corrected chi connectivity index (χ2v) is 7.42. The van der Waals surface area contributed by atoms with Gasteiger partial charge in [-0.1, -0.05) is 24.6 Å². The zero-order chi connectivity index (χ0) is 16.7. The maximum atomic E-state index is 12.5. The highest BCUT2D eigenvalue weighted by molar-refractivity contribution is 5.88. The molecule has 0 aliphatic heterocycles. The summed E-state index contributed by atoms with van der Waals surface area (Å²) in [5.74, 6) is 2.27. The van der Waals surface area contributed by atoms with E-state index in [4.69, 9.17) is 0 Å². The SMILES string of the molecule is C[C@H](NC(=O)Cc1n[nH]c(=O)c2ccccc12)[C@@H]1C[C@H]2CC[C@H]1C2. The highest BCUT2D eigenvalue weighted by Gasteiger charge is 2.42. The molecule has 1 aromatic carbocycles. The second-order valence-electron chi connectivity index (χ2n) is 7.42. The molecule has 0 unspecified atom stereocenters. The molecule has 2 fully saturated rings. The minimum Gasteiger partial charge on any atom is -0.353 e. The molecule has 5 heteroatoms. The number of fused-ring (bicyclic) bond motifs is 3. The van der Waals surface area contributed by atoms with Crippen molar-refractivity contribution in [2.24, 2.45) is 17.8 Å². The Balaban J connectivity index is 1.47. The summed E-state index contributed by atoms with van der Waals surface area (Å²) in [7, 11) is 0. The molecule has 1 aromatic heterocycles. The summed E-state index contributed by atoms with van der Waals surface area (Å²) in [5.41, 5.74) is 0.410. The first-order valence-electron chi connectivity index (χ1n) is 8.87. The van der Waals surface area contributed by atoms with Gasteiger partial charge in [-0.25, -0.2) is 5.10 Å². The maximum absolute atomic E-state index is 12.5. The molecule has 0 radical (unpaired) electrons. The van der Waals surface area contributed by atoms with Crippen molar-refractivity contribution in [3.63, 3.8) is 0 Å². The molecule has 2 saturated carbocycles. The largest absolute Gasteiger partial charge is 0.353 e. The minimum absolute atomic E-state index is 0.0185. The Kier molecular flexibility index (Phi) is 3.87. The third-order valence-corrected chi connectivity index (χ3v) is 5.93. The van der Waals surface area contributed by atoms with Gasteiger partial charge in [-0.2, -0.15) is 5.10 Å². The molecule has 126 valence electrons. The van der Waals surface area contributed by atoms with Crippen LogP contribution in [-0.2, 0) is 11.2 Å². The van der Waals surface area contributed by atoms with Crippen molar-refractivity contribution in [3.05, 3.63) is 40.3 Å². The number of carbonyl (C=O) groups excluding carboxylic acids is 1. The number of benzene rings is 1. The summed E-state index contributed by atoms with van der Waals surface area (Å²) in [4.78, 5) is 24.3. The first-order chi connectivity index (χ1) is 11.6. The van der Waals surface area contributed by atoms with E-state index in [9.17, 15) is 9.59 Å². The molecule has 2 aliphatic rings. The van der Waals surface area contributed by atoms with Crippen molar-refractivity contribution in [2.75, 3.05) is 0 Å². The lowest BCUT2D eigenvalue weighted by atomic mass is 9.84. The molecule has 4 atom stereocenters. The molecule has 1 amide bonds. The summed E-state index contributed by atoms with van der Waals surface area (Å²) in [5, 5.41) is 11.1. The Hall–Kier alpha value is -2.17. The summed E-state index contributed by atoms with van der Waals surface area (Å²) in [6, 6.07) is 7.50. The Bertz CT molecular complexity index is 829. The van der Waals surface area contributed by atoms with E-state index in [1.807, 2.05) is 18.2 Å². The van der Waals surface area contributed by atoms with Gasteiger partial charge in [0.15, 0.2) is 0 Å². The van der Waals surface area contributed by atoms with Gasteiger partial charge in [-0.15, -0.1) is 0 Å². The first kappa shape index (κ1) is 15.4. The van der Waals surface area contributed by atoms with Crippen molar-refractivity contribution in [2.45, 2.75) is 45.1 Å². The van der Waals surface area contributed by atoms with E-state index in [0.717, 1.165) is 17.2 Å². The Labute approximate surface area is 140 Å². The molecule has 2 bridgehead atoms. The van der Waals surface area contributed by atoms with Crippen molar-refractivity contribution in [1.29, 1.82) is 0 Å². The van der Waals surface area contributed by atoms with Gasteiger partial charge < -0.3 is 5.32 Å². The van der Waals surface area contributed by atoms with Gasteiger partial charge in [0.2, 0.25) is 5.91 Å². The average Bonchev–Trinajstić information content (AvgIpc) is 3.21. The van der Waals surface area contributed by atoms with Crippen molar-refractivity contribution >= 4 is 16.7 Å². The van der Waals surface area contributed by atoms with E-state index < -0.39 is 0 Å². The van der Waals surface area contributed by atoms with Crippen LogP contribution in [0.15, 0.2) is 29.1 Å². The third kappa shape index (κ3) is 2.72. The lowest BCUT2D eigenvalue weighted by Crippen LogP contribution is -2.41. The molecule has 4 rings (SSSR count). The second kappa shape index (κ2) is 6.04. The normalized spacial score (nSPS) is 26.6. The number of amides is 1. The predicted molar refractivity (Wildman–Crippen MR) is 92.6 cm³/mol. The molecule has 1 heterocycles. The number of hydrogen-bond donors (Lipinski definition) is 2. The number of carbonyl (C=O) groups is 1. The van der Waals surface area contributed by atoms with Crippen LogP contribution in [0.1, 0.15) is 38.3 Å². The zero-order valence-electron chi connectivity index (χ0n) is 13.9. The molecule has 0 saturated heterocycles. The summed E-state index contributed by atoms with van der Waals surface area (Å²) in [6.45, 7) is 2.13. The number of rotatable bonds is 4. The van der Waals surface area contributed by atoms with Crippen LogP contribution in [0.4, 0.5) is 0 Å². The van der Waals surface area contributed by atoms with Crippen molar-refractivity contribution in [1.82, 2.24) is 15.5 Å². The Morgan fingerprint density at radius 2 is 2.08 bits per heavy atom. The van der Waals surface area contributed by atoms with Crippen LogP contribution in [-0.4, -0.2) is 22.1 Å². The highest BCUT2D eigenvalue weighted by Crippen LogP contribution is 2.49. The van der Waals surface area contributed by atoms with Crippen LogP contribution < -0.4 is 10.9 Å². The molecular formula is C19H23N3O2. The van der Waals surface area contributed by atoms with Gasteiger partial charge in [0.25, 0.3) is 5.56 Å². The molecule has 2 aliphatic carbocycles. The summed E-state index contributed by atoms with van der Waals surface area (Å²) >= 11 is 0. The van der Waals surface area contributed by atoms with E-state index in [1.165, 1.54) is 25.7 Å². The number of nitrogens with zero attached hydrogens (tertiary/aromatic N) is 1. The van der Waals surface area contributed by atoms with E-state index in [0.29, 0.717) is 17.0 Å². The van der Waals surface area contributed by atoms with Crippen LogP contribution in [0.3, 0.4) is 0 Å². The quantitative estimate of drug-likeness (QED) is 0.906. The van der Waals surface area contributed by atoms with Crippen LogP contribution in [0.25, 0.3) is 10.8 Å². The zero-order valence-corrected chi connectivity index (χ0v) is 13.9. The van der Waals surface area contributed by atoms with Crippen molar-refractivity contribution in [3.8, 4) is 0 Å². The fourth-order valence-electron chi connectivity index (χ4n) is 4.78. The van der Waals surface area contributed by atoms with Gasteiger partial charge in [-0.05, 0) is 50.0 Å². The number of aromatic amines is 1. The molecular weight excluding hydrogens is 302 g/mol. The maximum Gasteiger partial charge on any atom is 0.272 e. The van der Waals surface area contributed by atoms with Gasteiger partial charge >= 0.3 is 0 Å². The number of nitrogens with one attached hydrogen (secondary N) is 2. The molecule has 24 heavy (non-hydrogen) atoms. The van der Waals surface area contributed by atoms with Gasteiger partial charge in [0, 0.05) is 11.4 Å². The van der Waals surface area contributed by atoms with Crippen LogP contribution in [0.2, 0.25) is 0 Å². The number of aromatic nitrogens is 2. The smallest absolute Gasteiger partial charge is 0.272 e. The number of hydrogen-bond acceptors (Lipinski definition) is 3. The monoisotopic (exact) mass is 325 g/mol. The number of H-pyrrole nitrogens is 1. The van der Waals surface area contributed by atoms with Crippen LogP contribution in [0, 0.1) is 17.8 Å². The highest BCUT2D eigenvalue weighted by atomic mass is 16.1. The van der Waals surface area contributed by atoms with E-state index in [2.05, 4.69) is 22.4 Å². The fourth-order valence-corrected chi connectivity index (χ4v) is 4.78. The molecule has 0 spiro atoms. The minimum atomic E-state index is -0.217. The molecule has 5 nitrogen and oxygen atoms in total. The Morgan fingerprint density at radius 1 is 1.29 bits per heavy atom. The molecule has 2 N–H and O–H groups in total. The standard InChI is InChI=1S/C19H23N3O2/c1-11(16-9-12-6-7-13(16)8-12)20-18(23)10-17-14-4-2-3-5-15(14)19(24)22-21-17/h2-5,11-13,16H,6-10H2,1H3,(H,20,23)(H,22,24)/t11-,12-,13-,16-/m0/s1. The lowest BCUT2D eigenvalue weighted by Gasteiger charge is -2.28. The van der Waals surface area contributed by atoms with Gasteiger partial charge in [-0.3, -0.25) is 9.59 Å². The summed E-state index contributed by atoms with van der Waals surface area (Å²) < 4.78 is 0. The topological polar surface area (TPSA) is 74.8 Å². The van der Waals surface area contributed by atoms with Crippen LogP contribution in [0.5, 0.6) is 0 Å². The third-order valence-electron chi connectivity index (χ3n) is 5.93. The average molecular weight is 325 g/mol. The van der Waals surface area contributed by atoms with E-state index in [1.54, 1.807) is 6.07 Å². The van der Waals surface area contributed by atoms with Crippen LogP contribution >= 0.6 is 0 Å². The molecule has 2 aromatic rings. The lowest BCUT2D eigenvalue weighted by molar-refractivity contribution is -0.121.